The summed E-state index contributed by atoms with van der Waals surface area (Å²) in [6.45, 7) is 10.9. The molecule has 54 heavy (non-hydrogen) atoms. The maximum absolute atomic E-state index is 5.45. The Balaban J connectivity index is 1.35. The quantitative estimate of drug-likeness (QED) is 0.105. The number of hydrogen-bond donors (Lipinski definition) is 0. The van der Waals surface area contributed by atoms with Gasteiger partial charge in [-0.1, -0.05) is 48.5 Å². The molecule has 0 saturated carbocycles. The van der Waals surface area contributed by atoms with Crippen LogP contribution >= 0.6 is 0 Å². The fourth-order valence-electron chi connectivity index (χ4n) is 7.05. The molecular formula is C48H52N2O4. The van der Waals surface area contributed by atoms with Crippen LogP contribution in [-0.4, -0.2) is 28.4 Å². The Kier molecular flexibility index (Phi) is 12.6. The van der Waals surface area contributed by atoms with Crippen LogP contribution in [0, 0.1) is 27.7 Å². The van der Waals surface area contributed by atoms with Crippen molar-refractivity contribution in [2.75, 3.05) is 38.2 Å². The average molecular weight is 721 g/mol. The molecule has 278 valence electrons. The van der Waals surface area contributed by atoms with Crippen LogP contribution in [0.25, 0.3) is 11.1 Å². The topological polar surface area (TPSA) is 43.4 Å². The predicted octanol–water partition coefficient (Wildman–Crippen LogP) is 12.1. The molecule has 0 heterocycles. The van der Waals surface area contributed by atoms with Crippen molar-refractivity contribution in [1.29, 1.82) is 0 Å². The van der Waals surface area contributed by atoms with E-state index in [1.807, 2.05) is 0 Å². The molecule has 6 heteroatoms. The Labute approximate surface area is 321 Å². The zero-order valence-electron chi connectivity index (χ0n) is 32.9. The first kappa shape index (κ1) is 38.5. The lowest BCUT2D eigenvalue weighted by Crippen LogP contribution is -2.11. The maximum Gasteiger partial charge on any atom is 0.0715 e. The molecule has 0 saturated heterocycles. The highest BCUT2D eigenvalue weighted by molar-refractivity contribution is 5.81. The predicted molar refractivity (Wildman–Crippen MR) is 223 cm³/mol. The van der Waals surface area contributed by atoms with Crippen LogP contribution in [-0.2, 0) is 45.4 Å². The molecule has 0 atom stereocenters. The first-order chi connectivity index (χ1) is 26.2. The second-order valence-electron chi connectivity index (χ2n) is 13.9. The molecule has 0 aliphatic carbocycles. The van der Waals surface area contributed by atoms with Gasteiger partial charge in [0.05, 0.1) is 26.4 Å². The molecular weight excluding hydrogens is 669 g/mol. The maximum atomic E-state index is 5.45. The van der Waals surface area contributed by atoms with Gasteiger partial charge in [-0.3, -0.25) is 0 Å². The summed E-state index contributed by atoms with van der Waals surface area (Å²) in [5.41, 5.74) is 18.4. The normalized spacial score (nSPS) is 11.2. The molecule has 6 aromatic rings. The van der Waals surface area contributed by atoms with Crippen LogP contribution in [0.1, 0.15) is 44.5 Å². The lowest BCUT2D eigenvalue weighted by atomic mass is 10.0. The molecule has 0 amide bonds. The second kappa shape index (κ2) is 17.7. The van der Waals surface area contributed by atoms with Gasteiger partial charge in [-0.05, 0) is 156 Å². The molecule has 0 bridgehead atoms. The first-order valence-electron chi connectivity index (χ1n) is 18.4. The zero-order valence-corrected chi connectivity index (χ0v) is 32.9. The van der Waals surface area contributed by atoms with E-state index in [9.17, 15) is 0 Å². The van der Waals surface area contributed by atoms with E-state index >= 15 is 0 Å². The summed E-state index contributed by atoms with van der Waals surface area (Å²) in [4.78, 5) is 4.63. The Hall–Kier alpha value is -5.24. The van der Waals surface area contributed by atoms with E-state index in [2.05, 4.69) is 159 Å². The third kappa shape index (κ3) is 8.59. The van der Waals surface area contributed by atoms with Crippen molar-refractivity contribution >= 4 is 34.1 Å². The van der Waals surface area contributed by atoms with E-state index in [0.717, 1.165) is 45.3 Å². The van der Waals surface area contributed by atoms with Gasteiger partial charge in [-0.25, -0.2) is 0 Å². The molecule has 0 fully saturated rings. The van der Waals surface area contributed by atoms with Crippen LogP contribution in [0.15, 0.2) is 121 Å². The van der Waals surface area contributed by atoms with Crippen molar-refractivity contribution in [3.63, 3.8) is 0 Å². The summed E-state index contributed by atoms with van der Waals surface area (Å²) >= 11 is 0. The number of nitrogens with zero attached hydrogens (tertiary/aromatic N) is 2. The molecule has 0 radical (unpaired) electrons. The summed E-state index contributed by atoms with van der Waals surface area (Å²) in [6.07, 6.45) is 0. The minimum Gasteiger partial charge on any atom is -0.380 e. The lowest BCUT2D eigenvalue weighted by Gasteiger charge is -2.28. The van der Waals surface area contributed by atoms with E-state index in [0.29, 0.717) is 26.4 Å². The molecule has 0 aromatic heterocycles. The Morgan fingerprint density at radius 3 is 0.741 bits per heavy atom. The fourth-order valence-corrected chi connectivity index (χ4v) is 7.05. The van der Waals surface area contributed by atoms with E-state index < -0.39 is 0 Å². The highest BCUT2D eigenvalue weighted by Gasteiger charge is 2.18. The van der Waals surface area contributed by atoms with Crippen LogP contribution in [0.4, 0.5) is 34.1 Å². The van der Waals surface area contributed by atoms with E-state index in [4.69, 9.17) is 18.9 Å². The van der Waals surface area contributed by atoms with E-state index in [1.165, 1.54) is 44.5 Å². The van der Waals surface area contributed by atoms with Gasteiger partial charge in [0.1, 0.15) is 0 Å². The number of aryl methyl sites for hydroxylation is 4. The summed E-state index contributed by atoms with van der Waals surface area (Å²) in [7, 11) is 6.95. The summed E-state index contributed by atoms with van der Waals surface area (Å²) in [5, 5.41) is 0. The Morgan fingerprint density at radius 1 is 0.315 bits per heavy atom. The average Bonchev–Trinajstić information content (AvgIpc) is 3.17. The molecule has 0 unspecified atom stereocenters. The number of rotatable bonds is 15. The number of benzene rings is 6. The summed E-state index contributed by atoms with van der Waals surface area (Å²) < 4.78 is 21.8. The molecule has 6 nitrogen and oxygen atoms in total. The van der Waals surface area contributed by atoms with Crippen molar-refractivity contribution in [3.05, 3.63) is 166 Å². The monoisotopic (exact) mass is 720 g/mol. The third-order valence-corrected chi connectivity index (χ3v) is 10.1. The van der Waals surface area contributed by atoms with Gasteiger partial charge < -0.3 is 28.7 Å². The van der Waals surface area contributed by atoms with Gasteiger partial charge in [-0.15, -0.1) is 0 Å². The molecule has 0 N–H and O–H groups in total. The third-order valence-electron chi connectivity index (χ3n) is 10.1. The lowest BCUT2D eigenvalue weighted by molar-refractivity contribution is 0.184. The minimum atomic E-state index is 0.586. The Bertz CT molecular complexity index is 1910. The van der Waals surface area contributed by atoms with Crippen LogP contribution < -0.4 is 9.80 Å². The Morgan fingerprint density at radius 2 is 0.537 bits per heavy atom. The van der Waals surface area contributed by atoms with Crippen molar-refractivity contribution in [2.45, 2.75) is 54.1 Å². The number of ether oxygens (including phenoxy) is 4. The van der Waals surface area contributed by atoms with E-state index in [-0.39, 0.29) is 0 Å². The number of anilines is 6. The highest BCUT2D eigenvalue weighted by Crippen LogP contribution is 2.40. The van der Waals surface area contributed by atoms with Gasteiger partial charge in [0, 0.05) is 62.6 Å². The smallest absolute Gasteiger partial charge is 0.0715 e. The van der Waals surface area contributed by atoms with Crippen molar-refractivity contribution in [2.24, 2.45) is 0 Å². The number of hydrogen-bond acceptors (Lipinski definition) is 6. The molecule has 6 rings (SSSR count). The second-order valence-corrected chi connectivity index (χ2v) is 13.9. The van der Waals surface area contributed by atoms with Gasteiger partial charge in [0.15, 0.2) is 0 Å². The fraction of sp³-hybridized carbons (Fsp3) is 0.250. The SMILES string of the molecule is COCc1ccc(N(c2ccc(-c3ccc(N(c4ccc(COC)c(C)c4)c4ccc(COC)c(C)c4)cc3)cc2)c2ccc(COC)c(C)c2)cc1C. The molecule has 0 spiro atoms. The van der Waals surface area contributed by atoms with Gasteiger partial charge in [-0.2, -0.15) is 0 Å². The van der Waals surface area contributed by atoms with Crippen molar-refractivity contribution in [1.82, 2.24) is 0 Å². The van der Waals surface area contributed by atoms with Gasteiger partial charge >= 0.3 is 0 Å². The van der Waals surface area contributed by atoms with Crippen LogP contribution in [0.3, 0.4) is 0 Å². The summed E-state index contributed by atoms with van der Waals surface area (Å²) in [6, 6.07) is 44.0. The first-order valence-corrected chi connectivity index (χ1v) is 18.4. The van der Waals surface area contributed by atoms with Gasteiger partial charge in [0.25, 0.3) is 0 Å². The molecule has 0 aliphatic rings. The van der Waals surface area contributed by atoms with Crippen LogP contribution in [0.5, 0.6) is 0 Å². The highest BCUT2D eigenvalue weighted by atomic mass is 16.5. The molecule has 0 aliphatic heterocycles. The summed E-state index contributed by atoms with van der Waals surface area (Å²) in [5.74, 6) is 0. The zero-order chi connectivity index (χ0) is 38.2. The van der Waals surface area contributed by atoms with Crippen molar-refractivity contribution < 1.29 is 18.9 Å². The number of methoxy groups -OCH3 is 4. The standard InChI is InChI=1S/C48H52N2O4/c1-33-25-45(21-13-39(33)29-51-5)49(46-22-14-40(30-52-6)34(2)26-46)43-17-9-37(10-18-43)38-11-19-44(20-12-38)50(47-23-15-41(31-53-7)35(3)27-47)48-24-16-42(32-54-8)36(4)28-48/h9-28H,29-32H2,1-8H3. The van der Waals surface area contributed by atoms with Crippen molar-refractivity contribution in [3.8, 4) is 11.1 Å². The largest absolute Gasteiger partial charge is 0.380 e. The van der Waals surface area contributed by atoms with Gasteiger partial charge in [0.2, 0.25) is 0 Å². The molecule has 6 aromatic carbocycles. The minimum absolute atomic E-state index is 0.586. The van der Waals surface area contributed by atoms with Crippen LogP contribution in [0.2, 0.25) is 0 Å². The van der Waals surface area contributed by atoms with E-state index in [1.54, 1.807) is 28.4 Å².